The molecular weight excluding hydrogens is 509 g/mol. The average molecular weight is 559 g/mol. The van der Waals surface area contributed by atoms with Crippen molar-refractivity contribution in [1.82, 2.24) is 0 Å². The average Bonchev–Trinajstić information content (AvgIpc) is 3.31. The molecule has 2 aromatic rings. The number of hydrogen-bond acceptors (Lipinski definition) is 4. The molecule has 1 aliphatic rings. The Morgan fingerprint density at radius 3 is 2.24 bits per heavy atom. The van der Waals surface area contributed by atoms with Crippen molar-refractivity contribution >= 4 is 38.1 Å². The van der Waals surface area contributed by atoms with Crippen molar-refractivity contribution in [3.05, 3.63) is 60.0 Å². The Bertz CT molecular complexity index is 1060. The second-order valence-electron chi connectivity index (χ2n) is 13.9. The van der Waals surface area contributed by atoms with Crippen molar-refractivity contribution in [2.24, 2.45) is 11.8 Å². The van der Waals surface area contributed by atoms with Crippen LogP contribution in [0.25, 0.3) is 10.1 Å². The standard InChI is InChI=1S/C31H50O3SSi2/c1-12-15-23-24(27(21-25(23)32)34-37(10,11)31(5,6)7)18-19-26(33-36(8,9)30(2,3)4)29-20-22-16-13-14-17-28(22)35-29/h12-14,16-20,23-27,32H,1,15,21H2,2-11H3/b19-18+/t23-,24-,25+,26-,27?/m1/s1. The van der Waals surface area contributed by atoms with Crippen LogP contribution in [0.3, 0.4) is 0 Å². The molecule has 1 unspecified atom stereocenters. The van der Waals surface area contributed by atoms with E-state index < -0.39 is 16.6 Å². The zero-order valence-electron chi connectivity index (χ0n) is 24.8. The first kappa shape index (κ1) is 30.5. The van der Waals surface area contributed by atoms with Crippen LogP contribution in [0.4, 0.5) is 0 Å². The Kier molecular flexibility index (Phi) is 9.26. The minimum atomic E-state index is -2.04. The molecule has 1 saturated carbocycles. The van der Waals surface area contributed by atoms with Gasteiger partial charge < -0.3 is 14.0 Å². The largest absolute Gasteiger partial charge is 0.413 e. The molecule has 6 heteroatoms. The van der Waals surface area contributed by atoms with Gasteiger partial charge in [0, 0.05) is 15.5 Å². The van der Waals surface area contributed by atoms with Gasteiger partial charge in [-0.15, -0.1) is 17.9 Å². The molecule has 1 aromatic heterocycles. The third-order valence-corrected chi connectivity index (χ3v) is 19.2. The van der Waals surface area contributed by atoms with Crippen LogP contribution < -0.4 is 0 Å². The van der Waals surface area contributed by atoms with Crippen LogP contribution in [-0.2, 0) is 8.85 Å². The summed E-state index contributed by atoms with van der Waals surface area (Å²) in [6.45, 7) is 27.0. The molecule has 1 aliphatic carbocycles. The molecule has 1 N–H and O–H groups in total. The summed E-state index contributed by atoms with van der Waals surface area (Å²) in [6.07, 6.45) is 7.49. The predicted molar refractivity (Wildman–Crippen MR) is 166 cm³/mol. The second-order valence-corrected chi connectivity index (χ2v) is 24.5. The van der Waals surface area contributed by atoms with Gasteiger partial charge in [0.2, 0.25) is 0 Å². The lowest BCUT2D eigenvalue weighted by Crippen LogP contribution is -2.45. The Hall–Kier alpha value is -1.03. The van der Waals surface area contributed by atoms with E-state index in [9.17, 15) is 5.11 Å². The topological polar surface area (TPSA) is 38.7 Å². The molecule has 206 valence electrons. The lowest BCUT2D eigenvalue weighted by molar-refractivity contribution is 0.122. The third-order valence-electron chi connectivity index (χ3n) is 9.04. The number of fused-ring (bicyclic) bond motifs is 1. The van der Waals surface area contributed by atoms with Crippen molar-refractivity contribution in [3.8, 4) is 0 Å². The lowest BCUT2D eigenvalue weighted by atomic mass is 9.90. The highest BCUT2D eigenvalue weighted by Gasteiger charge is 2.47. The highest BCUT2D eigenvalue weighted by molar-refractivity contribution is 7.19. The molecule has 0 bridgehead atoms. The summed E-state index contributed by atoms with van der Waals surface area (Å²) >= 11 is 1.82. The predicted octanol–water partition coefficient (Wildman–Crippen LogP) is 9.48. The van der Waals surface area contributed by atoms with E-state index in [2.05, 4.69) is 117 Å². The Labute approximate surface area is 232 Å². The number of thiophene rings is 1. The molecule has 3 nitrogen and oxygen atoms in total. The van der Waals surface area contributed by atoms with E-state index in [1.807, 2.05) is 17.4 Å². The van der Waals surface area contributed by atoms with Gasteiger partial charge in [0.05, 0.1) is 18.3 Å². The van der Waals surface area contributed by atoms with Gasteiger partial charge in [-0.1, -0.05) is 78.0 Å². The van der Waals surface area contributed by atoms with Gasteiger partial charge in [0.25, 0.3) is 0 Å². The smallest absolute Gasteiger partial charge is 0.193 e. The van der Waals surface area contributed by atoms with Crippen molar-refractivity contribution in [2.75, 3.05) is 0 Å². The maximum absolute atomic E-state index is 11.1. The fourth-order valence-electron chi connectivity index (χ4n) is 4.62. The number of aliphatic hydroxyl groups excluding tert-OH is 1. The third kappa shape index (κ3) is 6.95. The van der Waals surface area contributed by atoms with E-state index >= 15 is 0 Å². The molecule has 1 heterocycles. The van der Waals surface area contributed by atoms with E-state index in [1.165, 1.54) is 15.0 Å². The second kappa shape index (κ2) is 11.2. The lowest BCUT2D eigenvalue weighted by Gasteiger charge is -2.40. The Morgan fingerprint density at radius 1 is 1.05 bits per heavy atom. The summed E-state index contributed by atoms with van der Waals surface area (Å²) in [5.74, 6) is 0.237. The van der Waals surface area contributed by atoms with Crippen LogP contribution in [-0.4, -0.2) is 33.9 Å². The van der Waals surface area contributed by atoms with Gasteiger partial charge in [-0.3, -0.25) is 0 Å². The van der Waals surface area contributed by atoms with Crippen molar-refractivity contribution in [1.29, 1.82) is 0 Å². The fraction of sp³-hybridized carbons (Fsp3) is 0.613. The SMILES string of the molecule is C=CC[C@H]1[C@@H](O)CC(O[Si](C)(C)C(C)(C)C)[C@@H]1/C=C/[C@@H](O[Si](C)(C)C(C)(C)C)c1cc2ccccc2s1. The van der Waals surface area contributed by atoms with Crippen LogP contribution in [0, 0.1) is 11.8 Å². The van der Waals surface area contributed by atoms with Crippen molar-refractivity contribution < 1.29 is 14.0 Å². The normalized spacial score (nSPS) is 24.7. The van der Waals surface area contributed by atoms with Gasteiger partial charge in [-0.2, -0.15) is 0 Å². The van der Waals surface area contributed by atoms with E-state index in [0.717, 1.165) is 6.42 Å². The van der Waals surface area contributed by atoms with E-state index in [0.29, 0.717) is 6.42 Å². The summed E-state index contributed by atoms with van der Waals surface area (Å²) < 4.78 is 15.3. The molecule has 37 heavy (non-hydrogen) atoms. The zero-order chi connectivity index (χ0) is 27.8. The Morgan fingerprint density at radius 2 is 1.68 bits per heavy atom. The first-order valence-corrected chi connectivity index (χ1v) is 20.4. The summed E-state index contributed by atoms with van der Waals surface area (Å²) in [5.41, 5.74) is 0. The number of benzene rings is 1. The van der Waals surface area contributed by atoms with Gasteiger partial charge in [0.1, 0.15) is 0 Å². The fourth-order valence-corrected chi connectivity index (χ4v) is 8.33. The molecule has 3 rings (SSSR count). The zero-order valence-corrected chi connectivity index (χ0v) is 27.6. The van der Waals surface area contributed by atoms with Crippen molar-refractivity contribution in [2.45, 2.75) is 109 Å². The molecular formula is C31H50O3SSi2. The van der Waals surface area contributed by atoms with Gasteiger partial charge in [-0.05, 0) is 72.5 Å². The first-order valence-electron chi connectivity index (χ1n) is 13.8. The maximum Gasteiger partial charge on any atom is 0.193 e. The highest BCUT2D eigenvalue weighted by atomic mass is 32.1. The van der Waals surface area contributed by atoms with Gasteiger partial charge >= 0.3 is 0 Å². The Balaban J connectivity index is 2.00. The molecule has 1 aromatic carbocycles. The summed E-state index contributed by atoms with van der Waals surface area (Å²) in [7, 11) is -4.03. The van der Waals surface area contributed by atoms with Crippen molar-refractivity contribution in [3.63, 3.8) is 0 Å². The quantitative estimate of drug-likeness (QED) is 0.246. The minimum Gasteiger partial charge on any atom is -0.413 e. The number of aliphatic hydroxyl groups is 1. The molecule has 0 spiro atoms. The van der Waals surface area contributed by atoms with Crippen LogP contribution in [0.1, 0.15) is 65.4 Å². The molecule has 1 fully saturated rings. The molecule has 0 radical (unpaired) electrons. The molecule has 0 aliphatic heterocycles. The molecule has 5 atom stereocenters. The maximum atomic E-state index is 11.1. The summed E-state index contributed by atoms with van der Waals surface area (Å²) in [4.78, 5) is 1.24. The number of rotatable bonds is 9. The summed E-state index contributed by atoms with van der Waals surface area (Å²) in [5, 5.41) is 12.6. The first-order chi connectivity index (χ1) is 17.0. The monoisotopic (exact) mass is 558 g/mol. The van der Waals surface area contributed by atoms with Crippen LogP contribution in [0.2, 0.25) is 36.3 Å². The number of hydrogen-bond donors (Lipinski definition) is 1. The van der Waals surface area contributed by atoms with Crippen LogP contribution in [0.5, 0.6) is 0 Å². The summed E-state index contributed by atoms with van der Waals surface area (Å²) in [6, 6.07) is 10.9. The van der Waals surface area contributed by atoms with E-state index in [1.54, 1.807) is 0 Å². The van der Waals surface area contributed by atoms with Crippen LogP contribution >= 0.6 is 11.3 Å². The van der Waals surface area contributed by atoms with Gasteiger partial charge in [0.15, 0.2) is 16.6 Å². The molecule has 0 amide bonds. The minimum absolute atomic E-state index is 0.00743. The van der Waals surface area contributed by atoms with Gasteiger partial charge in [-0.25, -0.2) is 0 Å². The molecule has 0 saturated heterocycles. The van der Waals surface area contributed by atoms with E-state index in [-0.39, 0.29) is 40.2 Å². The van der Waals surface area contributed by atoms with Crippen LogP contribution in [0.15, 0.2) is 55.1 Å². The highest BCUT2D eigenvalue weighted by Crippen LogP contribution is 2.46. The van der Waals surface area contributed by atoms with E-state index in [4.69, 9.17) is 8.85 Å². The number of allylic oxidation sites excluding steroid dienone is 1.